The van der Waals surface area contributed by atoms with E-state index in [1.807, 2.05) is 39.0 Å². The number of β-amino-alcohol motifs (C(OH)–C–C–N with tert-alkyl or cyclic N) is 1. The lowest BCUT2D eigenvalue weighted by Gasteiger charge is -2.34. The van der Waals surface area contributed by atoms with Crippen molar-refractivity contribution in [2.75, 3.05) is 18.4 Å². The van der Waals surface area contributed by atoms with Crippen LogP contribution in [0.1, 0.15) is 30.9 Å². The normalized spacial score (nSPS) is 21.5. The number of carbonyl (C=O) groups is 1. The molecule has 2 rings (SSSR count). The predicted molar refractivity (Wildman–Crippen MR) is 80.8 cm³/mol. The highest BCUT2D eigenvalue weighted by molar-refractivity contribution is 5.95. The molecule has 110 valence electrons. The standard InChI is InChI=1S/C16H24N2O2/c1-11-6-4-8-15(12(11)2)17-16(20)13(3)18-9-5-7-14(19)10-18/h4,6,8,13-14,19H,5,7,9-10H2,1-3H3,(H,17,20). The van der Waals surface area contributed by atoms with E-state index in [4.69, 9.17) is 0 Å². The van der Waals surface area contributed by atoms with Crippen molar-refractivity contribution in [1.29, 1.82) is 0 Å². The molecule has 1 aromatic rings. The van der Waals surface area contributed by atoms with E-state index in [1.54, 1.807) is 0 Å². The molecule has 4 nitrogen and oxygen atoms in total. The second-order valence-electron chi connectivity index (χ2n) is 5.70. The summed E-state index contributed by atoms with van der Waals surface area (Å²) in [4.78, 5) is 14.4. The van der Waals surface area contributed by atoms with Gasteiger partial charge in [0.25, 0.3) is 0 Å². The Morgan fingerprint density at radius 1 is 1.45 bits per heavy atom. The Morgan fingerprint density at radius 2 is 2.20 bits per heavy atom. The smallest absolute Gasteiger partial charge is 0.241 e. The first kappa shape index (κ1) is 15.0. The lowest BCUT2D eigenvalue weighted by Crippen LogP contribution is -2.48. The first-order valence-electron chi connectivity index (χ1n) is 7.28. The molecular weight excluding hydrogens is 252 g/mol. The third-order valence-electron chi connectivity index (χ3n) is 4.22. The van der Waals surface area contributed by atoms with Gasteiger partial charge in [0.2, 0.25) is 5.91 Å². The van der Waals surface area contributed by atoms with Crippen LogP contribution in [0.2, 0.25) is 0 Å². The fourth-order valence-electron chi connectivity index (χ4n) is 2.62. The summed E-state index contributed by atoms with van der Waals surface area (Å²) in [6, 6.07) is 5.70. The summed E-state index contributed by atoms with van der Waals surface area (Å²) in [5.74, 6) is -0.00667. The van der Waals surface area contributed by atoms with Crippen molar-refractivity contribution < 1.29 is 9.90 Å². The number of carbonyl (C=O) groups excluding carboxylic acids is 1. The molecule has 20 heavy (non-hydrogen) atoms. The lowest BCUT2D eigenvalue weighted by atomic mass is 10.1. The summed E-state index contributed by atoms with van der Waals surface area (Å²) in [5.41, 5.74) is 3.15. The zero-order valence-corrected chi connectivity index (χ0v) is 12.5. The van der Waals surface area contributed by atoms with Gasteiger partial charge in [-0.1, -0.05) is 12.1 Å². The number of aliphatic hydroxyl groups is 1. The largest absolute Gasteiger partial charge is 0.392 e. The second kappa shape index (κ2) is 6.37. The van der Waals surface area contributed by atoms with Gasteiger partial charge in [-0.05, 0) is 57.4 Å². The van der Waals surface area contributed by atoms with Crippen molar-refractivity contribution in [2.45, 2.75) is 45.8 Å². The van der Waals surface area contributed by atoms with Gasteiger partial charge in [-0.2, -0.15) is 0 Å². The molecule has 1 aliphatic heterocycles. The van der Waals surface area contributed by atoms with Gasteiger partial charge in [0.05, 0.1) is 12.1 Å². The maximum Gasteiger partial charge on any atom is 0.241 e. The van der Waals surface area contributed by atoms with Crippen LogP contribution >= 0.6 is 0 Å². The van der Waals surface area contributed by atoms with E-state index < -0.39 is 0 Å². The summed E-state index contributed by atoms with van der Waals surface area (Å²) in [5, 5.41) is 12.7. The number of rotatable bonds is 3. The molecule has 0 saturated carbocycles. The summed E-state index contributed by atoms with van der Waals surface area (Å²) < 4.78 is 0. The van der Waals surface area contributed by atoms with Gasteiger partial charge < -0.3 is 10.4 Å². The number of aryl methyl sites for hydroxylation is 1. The molecule has 1 aromatic carbocycles. The minimum Gasteiger partial charge on any atom is -0.392 e. The number of amides is 1. The number of hydrogen-bond acceptors (Lipinski definition) is 3. The number of piperidine rings is 1. The van der Waals surface area contributed by atoms with E-state index in [2.05, 4.69) is 10.2 Å². The van der Waals surface area contributed by atoms with Gasteiger partial charge in [-0.15, -0.1) is 0 Å². The van der Waals surface area contributed by atoms with E-state index in [-0.39, 0.29) is 18.1 Å². The Morgan fingerprint density at radius 3 is 2.90 bits per heavy atom. The number of anilines is 1. The average Bonchev–Trinajstić information content (AvgIpc) is 2.43. The fourth-order valence-corrected chi connectivity index (χ4v) is 2.62. The molecule has 0 radical (unpaired) electrons. The molecular formula is C16H24N2O2. The topological polar surface area (TPSA) is 52.6 Å². The van der Waals surface area contributed by atoms with Crippen LogP contribution in [0.3, 0.4) is 0 Å². The number of nitrogens with zero attached hydrogens (tertiary/aromatic N) is 1. The maximum atomic E-state index is 12.3. The molecule has 1 heterocycles. The second-order valence-corrected chi connectivity index (χ2v) is 5.70. The van der Waals surface area contributed by atoms with Crippen molar-refractivity contribution in [3.63, 3.8) is 0 Å². The first-order valence-corrected chi connectivity index (χ1v) is 7.28. The Hall–Kier alpha value is -1.39. The van der Waals surface area contributed by atoms with Crippen LogP contribution in [0, 0.1) is 13.8 Å². The summed E-state index contributed by atoms with van der Waals surface area (Å²) in [7, 11) is 0. The highest BCUT2D eigenvalue weighted by Crippen LogP contribution is 2.19. The van der Waals surface area contributed by atoms with Crippen molar-refractivity contribution >= 4 is 11.6 Å². The molecule has 1 fully saturated rings. The monoisotopic (exact) mass is 276 g/mol. The Balaban J connectivity index is 2.02. The van der Waals surface area contributed by atoms with E-state index in [0.717, 1.165) is 30.6 Å². The van der Waals surface area contributed by atoms with E-state index in [1.165, 1.54) is 5.56 Å². The lowest BCUT2D eigenvalue weighted by molar-refractivity contribution is -0.121. The minimum absolute atomic E-state index is 0.00667. The molecule has 0 bridgehead atoms. The molecule has 1 saturated heterocycles. The Labute approximate surface area is 120 Å². The van der Waals surface area contributed by atoms with Gasteiger partial charge in [0.1, 0.15) is 0 Å². The third kappa shape index (κ3) is 3.38. The molecule has 0 spiro atoms. The first-order chi connectivity index (χ1) is 9.49. The van der Waals surface area contributed by atoms with Crippen LogP contribution in [0.25, 0.3) is 0 Å². The van der Waals surface area contributed by atoms with Crippen LogP contribution in [0.5, 0.6) is 0 Å². The highest BCUT2D eigenvalue weighted by Gasteiger charge is 2.26. The average molecular weight is 276 g/mol. The number of aliphatic hydroxyl groups excluding tert-OH is 1. The number of hydrogen-bond donors (Lipinski definition) is 2. The van der Waals surface area contributed by atoms with Crippen molar-refractivity contribution in [3.8, 4) is 0 Å². The molecule has 2 atom stereocenters. The molecule has 1 aliphatic rings. The van der Waals surface area contributed by atoms with Crippen molar-refractivity contribution in [1.82, 2.24) is 4.90 Å². The van der Waals surface area contributed by atoms with Gasteiger partial charge in [-0.25, -0.2) is 0 Å². The number of nitrogens with one attached hydrogen (secondary N) is 1. The van der Waals surface area contributed by atoms with Crippen LogP contribution in [-0.2, 0) is 4.79 Å². The zero-order valence-electron chi connectivity index (χ0n) is 12.5. The quantitative estimate of drug-likeness (QED) is 0.889. The van der Waals surface area contributed by atoms with Crippen molar-refractivity contribution in [2.24, 2.45) is 0 Å². The van der Waals surface area contributed by atoms with E-state index in [9.17, 15) is 9.90 Å². The van der Waals surface area contributed by atoms with Gasteiger partial charge in [-0.3, -0.25) is 9.69 Å². The highest BCUT2D eigenvalue weighted by atomic mass is 16.3. The fraction of sp³-hybridized carbons (Fsp3) is 0.562. The summed E-state index contributed by atoms with van der Waals surface area (Å²) in [6.07, 6.45) is 1.48. The molecule has 2 unspecified atom stereocenters. The molecule has 4 heteroatoms. The van der Waals surface area contributed by atoms with Gasteiger partial charge in [0, 0.05) is 12.2 Å². The molecule has 2 N–H and O–H groups in total. The zero-order chi connectivity index (χ0) is 14.7. The minimum atomic E-state index is -0.306. The Bertz CT molecular complexity index is 487. The van der Waals surface area contributed by atoms with Gasteiger partial charge >= 0.3 is 0 Å². The molecule has 0 aromatic heterocycles. The van der Waals surface area contributed by atoms with E-state index >= 15 is 0 Å². The SMILES string of the molecule is Cc1cccc(NC(=O)C(C)N2CCCC(O)C2)c1C. The van der Waals surface area contributed by atoms with Crippen LogP contribution in [-0.4, -0.2) is 41.1 Å². The Kier molecular flexibility index (Phi) is 4.78. The predicted octanol–water partition coefficient (Wildman–Crippen LogP) is 2.09. The summed E-state index contributed by atoms with van der Waals surface area (Å²) >= 11 is 0. The van der Waals surface area contributed by atoms with Crippen LogP contribution < -0.4 is 5.32 Å². The third-order valence-corrected chi connectivity index (χ3v) is 4.22. The van der Waals surface area contributed by atoms with E-state index in [0.29, 0.717) is 6.54 Å². The van der Waals surface area contributed by atoms with Crippen molar-refractivity contribution in [3.05, 3.63) is 29.3 Å². The molecule has 0 aliphatic carbocycles. The molecule has 1 amide bonds. The number of likely N-dealkylation sites (tertiary alicyclic amines) is 1. The van der Waals surface area contributed by atoms with Crippen LogP contribution in [0.4, 0.5) is 5.69 Å². The summed E-state index contributed by atoms with van der Waals surface area (Å²) in [6.45, 7) is 7.41. The van der Waals surface area contributed by atoms with Gasteiger partial charge in [0.15, 0.2) is 0 Å². The number of benzene rings is 1. The maximum absolute atomic E-state index is 12.3. The van der Waals surface area contributed by atoms with Crippen LogP contribution in [0.15, 0.2) is 18.2 Å².